The largest absolute Gasteiger partial charge is 0.349 e. The highest BCUT2D eigenvalue weighted by molar-refractivity contribution is 6.35. The van der Waals surface area contributed by atoms with E-state index >= 15 is 0 Å². The van der Waals surface area contributed by atoms with Crippen LogP contribution in [0.15, 0.2) is 36.4 Å². The van der Waals surface area contributed by atoms with E-state index in [1.807, 2.05) is 36.9 Å². The lowest BCUT2D eigenvalue weighted by Crippen LogP contribution is -2.46. The molecule has 4 nitrogen and oxygen atoms in total. The highest BCUT2D eigenvalue weighted by Gasteiger charge is 2.25. The fraction of sp³-hybridized carbons (Fsp3) is 0.333. The summed E-state index contributed by atoms with van der Waals surface area (Å²) in [6.07, 6.45) is 1.42. The standard InChI is InChI=1S/C21H22Cl2N2O2/c1-13-3-4-15(11-14(13)2)21(27)25-9-7-17(8-10-25)24-20(26)18-12-16(22)5-6-19(18)23/h3-6,11-12,17H,7-10H2,1-2H3,(H,24,26). The number of piperidine rings is 1. The van der Waals surface area contributed by atoms with Gasteiger partial charge in [0, 0.05) is 29.7 Å². The van der Waals surface area contributed by atoms with Crippen molar-refractivity contribution >= 4 is 35.0 Å². The SMILES string of the molecule is Cc1ccc(C(=O)N2CCC(NC(=O)c3cc(Cl)ccc3Cl)CC2)cc1C. The summed E-state index contributed by atoms with van der Waals surface area (Å²) in [6, 6.07) is 10.6. The number of carbonyl (C=O) groups is 2. The number of hydrogen-bond acceptors (Lipinski definition) is 2. The predicted molar refractivity (Wildman–Crippen MR) is 109 cm³/mol. The molecule has 2 amide bonds. The van der Waals surface area contributed by atoms with Crippen LogP contribution in [0.1, 0.15) is 44.7 Å². The number of aryl methyl sites for hydroxylation is 2. The molecule has 1 N–H and O–H groups in total. The number of benzene rings is 2. The van der Waals surface area contributed by atoms with Crippen molar-refractivity contribution < 1.29 is 9.59 Å². The monoisotopic (exact) mass is 404 g/mol. The highest BCUT2D eigenvalue weighted by Crippen LogP contribution is 2.22. The van der Waals surface area contributed by atoms with Gasteiger partial charge in [0.15, 0.2) is 0 Å². The van der Waals surface area contributed by atoms with Crippen LogP contribution in [0.3, 0.4) is 0 Å². The number of amides is 2. The normalized spacial score (nSPS) is 14.9. The van der Waals surface area contributed by atoms with Crippen LogP contribution in [0, 0.1) is 13.8 Å². The van der Waals surface area contributed by atoms with Crippen molar-refractivity contribution in [3.05, 3.63) is 68.7 Å². The first-order valence-electron chi connectivity index (χ1n) is 8.97. The lowest BCUT2D eigenvalue weighted by atomic mass is 10.0. The van der Waals surface area contributed by atoms with Gasteiger partial charge in [0.05, 0.1) is 10.6 Å². The Hall–Kier alpha value is -2.04. The molecule has 27 heavy (non-hydrogen) atoms. The van der Waals surface area contributed by atoms with Crippen LogP contribution in [0.4, 0.5) is 0 Å². The number of rotatable bonds is 3. The Bertz CT molecular complexity index is 874. The molecule has 1 aliphatic heterocycles. The zero-order chi connectivity index (χ0) is 19.6. The molecular formula is C21H22Cl2N2O2. The van der Waals surface area contributed by atoms with Gasteiger partial charge in [-0.2, -0.15) is 0 Å². The summed E-state index contributed by atoms with van der Waals surface area (Å²) >= 11 is 12.0. The van der Waals surface area contributed by atoms with Gasteiger partial charge in [-0.1, -0.05) is 29.3 Å². The number of likely N-dealkylation sites (tertiary alicyclic amines) is 1. The average molecular weight is 405 g/mol. The van der Waals surface area contributed by atoms with E-state index in [0.29, 0.717) is 47.1 Å². The maximum atomic E-state index is 12.7. The average Bonchev–Trinajstić information content (AvgIpc) is 2.66. The lowest BCUT2D eigenvalue weighted by molar-refractivity contribution is 0.0698. The van der Waals surface area contributed by atoms with Gasteiger partial charge in [-0.25, -0.2) is 0 Å². The second-order valence-corrected chi connectivity index (χ2v) is 7.81. The molecule has 1 heterocycles. The van der Waals surface area contributed by atoms with Crippen LogP contribution in [-0.2, 0) is 0 Å². The van der Waals surface area contributed by atoms with Gasteiger partial charge in [-0.05, 0) is 68.1 Å². The molecule has 1 aliphatic rings. The summed E-state index contributed by atoms with van der Waals surface area (Å²) in [5.41, 5.74) is 3.37. The molecule has 0 aliphatic carbocycles. The molecule has 142 valence electrons. The first kappa shape index (κ1) is 19.7. The van der Waals surface area contributed by atoms with E-state index in [4.69, 9.17) is 23.2 Å². The molecule has 0 bridgehead atoms. The number of nitrogens with zero attached hydrogens (tertiary/aromatic N) is 1. The van der Waals surface area contributed by atoms with Gasteiger partial charge in [0.1, 0.15) is 0 Å². The van der Waals surface area contributed by atoms with Crippen molar-refractivity contribution in [1.82, 2.24) is 10.2 Å². The second-order valence-electron chi connectivity index (χ2n) is 6.96. The van der Waals surface area contributed by atoms with Crippen LogP contribution in [-0.4, -0.2) is 35.8 Å². The summed E-state index contributed by atoms with van der Waals surface area (Å²) in [6.45, 7) is 5.26. The Labute approximate surface area is 169 Å². The van der Waals surface area contributed by atoms with Gasteiger partial charge in [-0.15, -0.1) is 0 Å². The summed E-state index contributed by atoms with van der Waals surface area (Å²) in [7, 11) is 0. The van der Waals surface area contributed by atoms with Crippen molar-refractivity contribution in [3.8, 4) is 0 Å². The third kappa shape index (κ3) is 4.63. The Morgan fingerprint density at radius 2 is 1.70 bits per heavy atom. The number of carbonyl (C=O) groups excluding carboxylic acids is 2. The fourth-order valence-electron chi connectivity index (χ4n) is 3.22. The quantitative estimate of drug-likeness (QED) is 0.809. The van der Waals surface area contributed by atoms with E-state index in [9.17, 15) is 9.59 Å². The highest BCUT2D eigenvalue weighted by atomic mass is 35.5. The summed E-state index contributed by atoms with van der Waals surface area (Å²) in [4.78, 5) is 27.0. The summed E-state index contributed by atoms with van der Waals surface area (Å²) in [5.74, 6) is -0.192. The number of halogens is 2. The van der Waals surface area contributed by atoms with Crippen molar-refractivity contribution in [2.24, 2.45) is 0 Å². The van der Waals surface area contributed by atoms with E-state index in [0.717, 1.165) is 5.56 Å². The van der Waals surface area contributed by atoms with Crippen LogP contribution in [0.2, 0.25) is 10.0 Å². The van der Waals surface area contributed by atoms with Crippen molar-refractivity contribution in [3.63, 3.8) is 0 Å². The summed E-state index contributed by atoms with van der Waals surface area (Å²) < 4.78 is 0. The third-order valence-electron chi connectivity index (χ3n) is 5.04. The van der Waals surface area contributed by atoms with Crippen LogP contribution >= 0.6 is 23.2 Å². The molecule has 0 unspecified atom stereocenters. The fourth-order valence-corrected chi connectivity index (χ4v) is 3.59. The van der Waals surface area contributed by atoms with Crippen LogP contribution in [0.5, 0.6) is 0 Å². The van der Waals surface area contributed by atoms with Gasteiger partial charge < -0.3 is 10.2 Å². The molecule has 3 rings (SSSR count). The zero-order valence-electron chi connectivity index (χ0n) is 15.4. The Kier molecular flexibility index (Phi) is 6.08. The molecule has 2 aromatic carbocycles. The molecule has 6 heteroatoms. The Balaban J connectivity index is 1.58. The van der Waals surface area contributed by atoms with E-state index < -0.39 is 0 Å². The molecule has 2 aromatic rings. The van der Waals surface area contributed by atoms with Gasteiger partial charge in [-0.3, -0.25) is 9.59 Å². The zero-order valence-corrected chi connectivity index (χ0v) is 16.9. The predicted octanol–water partition coefficient (Wildman–Crippen LogP) is 4.64. The third-order valence-corrected chi connectivity index (χ3v) is 5.61. The summed E-state index contributed by atoms with van der Waals surface area (Å²) in [5, 5.41) is 3.84. The molecular weight excluding hydrogens is 383 g/mol. The van der Waals surface area contributed by atoms with Crippen LogP contribution < -0.4 is 5.32 Å². The minimum Gasteiger partial charge on any atom is -0.349 e. The maximum absolute atomic E-state index is 12.7. The van der Waals surface area contributed by atoms with E-state index in [1.165, 1.54) is 5.56 Å². The first-order chi connectivity index (χ1) is 12.8. The first-order valence-corrected chi connectivity index (χ1v) is 9.73. The Morgan fingerprint density at radius 1 is 1.00 bits per heavy atom. The molecule has 0 saturated carbocycles. The molecule has 0 radical (unpaired) electrons. The Morgan fingerprint density at radius 3 is 2.37 bits per heavy atom. The molecule has 1 fully saturated rings. The minimum absolute atomic E-state index is 0.0105. The molecule has 0 aromatic heterocycles. The second kappa shape index (κ2) is 8.32. The number of nitrogens with one attached hydrogen (secondary N) is 1. The number of hydrogen-bond donors (Lipinski definition) is 1. The van der Waals surface area contributed by atoms with Crippen molar-refractivity contribution in [2.75, 3.05) is 13.1 Å². The van der Waals surface area contributed by atoms with Gasteiger partial charge in [0.25, 0.3) is 11.8 Å². The van der Waals surface area contributed by atoms with Crippen molar-refractivity contribution in [1.29, 1.82) is 0 Å². The molecule has 1 saturated heterocycles. The van der Waals surface area contributed by atoms with E-state index in [1.54, 1.807) is 18.2 Å². The minimum atomic E-state index is -0.235. The van der Waals surface area contributed by atoms with Crippen molar-refractivity contribution in [2.45, 2.75) is 32.7 Å². The maximum Gasteiger partial charge on any atom is 0.253 e. The van der Waals surface area contributed by atoms with E-state index in [2.05, 4.69) is 5.32 Å². The molecule has 0 spiro atoms. The molecule has 0 atom stereocenters. The smallest absolute Gasteiger partial charge is 0.253 e. The lowest BCUT2D eigenvalue weighted by Gasteiger charge is -2.32. The van der Waals surface area contributed by atoms with Gasteiger partial charge in [0.2, 0.25) is 0 Å². The van der Waals surface area contributed by atoms with Crippen LogP contribution in [0.25, 0.3) is 0 Å². The topological polar surface area (TPSA) is 49.4 Å². The van der Waals surface area contributed by atoms with E-state index in [-0.39, 0.29) is 17.9 Å². The van der Waals surface area contributed by atoms with Gasteiger partial charge >= 0.3 is 0 Å².